The highest BCUT2D eigenvalue weighted by molar-refractivity contribution is 7.90. The zero-order valence-corrected chi connectivity index (χ0v) is 20.0. The molecule has 0 aliphatic heterocycles. The van der Waals surface area contributed by atoms with Gasteiger partial charge in [-0.05, 0) is 55.8 Å². The number of hydrogen-bond donors (Lipinski definition) is 1. The molecule has 0 unspecified atom stereocenters. The minimum Gasteiger partial charge on any atom is -0.487 e. The fraction of sp³-hybridized carbons (Fsp3) is 0.200. The number of anilines is 1. The second-order valence-electron chi connectivity index (χ2n) is 7.31. The van der Waals surface area contributed by atoms with Crippen molar-refractivity contribution in [2.75, 3.05) is 18.3 Å². The molecule has 0 spiro atoms. The Bertz CT molecular complexity index is 1260. The van der Waals surface area contributed by atoms with Gasteiger partial charge in [-0.25, -0.2) is 13.2 Å². The van der Waals surface area contributed by atoms with E-state index in [-0.39, 0.29) is 17.2 Å². The maximum atomic E-state index is 11.8. The Hall–Kier alpha value is -3.85. The fourth-order valence-electron chi connectivity index (χ4n) is 2.83. The normalized spacial score (nSPS) is 11.6. The van der Waals surface area contributed by atoms with Gasteiger partial charge in [-0.3, -0.25) is 5.43 Å². The lowest BCUT2D eigenvalue weighted by atomic mass is 10.2. The van der Waals surface area contributed by atoms with Gasteiger partial charge in [-0.2, -0.15) is 5.10 Å². The summed E-state index contributed by atoms with van der Waals surface area (Å²) in [5.41, 5.74) is 4.51. The summed E-state index contributed by atoms with van der Waals surface area (Å²) in [4.78, 5) is 12.0. The minimum absolute atomic E-state index is 0.169. The Kier molecular flexibility index (Phi) is 8.26. The lowest BCUT2D eigenvalue weighted by molar-refractivity contribution is -0.135. The molecule has 0 aliphatic rings. The molecule has 3 rings (SSSR count). The highest BCUT2D eigenvalue weighted by atomic mass is 32.2. The first-order chi connectivity index (χ1) is 16.3. The first-order valence-corrected chi connectivity index (χ1v) is 12.4. The van der Waals surface area contributed by atoms with Gasteiger partial charge in [-0.15, -0.1) is 0 Å². The number of nitrogens with one attached hydrogen (secondary N) is 1. The largest absolute Gasteiger partial charge is 0.487 e. The van der Waals surface area contributed by atoms with Crippen LogP contribution in [0.15, 0.2) is 82.8 Å². The van der Waals surface area contributed by atoms with Crippen LogP contribution in [-0.2, 0) is 26.0 Å². The van der Waals surface area contributed by atoms with E-state index >= 15 is 0 Å². The van der Waals surface area contributed by atoms with Gasteiger partial charge >= 0.3 is 5.97 Å². The molecule has 9 heteroatoms. The Morgan fingerprint density at radius 1 is 0.971 bits per heavy atom. The van der Waals surface area contributed by atoms with E-state index < -0.39 is 15.8 Å². The highest BCUT2D eigenvalue weighted by Crippen LogP contribution is 2.33. The minimum atomic E-state index is -3.29. The number of rotatable bonds is 10. The number of esters is 1. The Labute approximate surface area is 199 Å². The Morgan fingerprint density at radius 2 is 1.65 bits per heavy atom. The molecule has 1 N–H and O–H groups in total. The van der Waals surface area contributed by atoms with Crippen molar-refractivity contribution in [3.05, 3.63) is 78.4 Å². The monoisotopic (exact) mass is 482 g/mol. The van der Waals surface area contributed by atoms with Crippen molar-refractivity contribution in [1.82, 2.24) is 0 Å². The molecule has 34 heavy (non-hydrogen) atoms. The van der Waals surface area contributed by atoms with E-state index in [1.54, 1.807) is 44.2 Å². The molecule has 3 aromatic rings. The van der Waals surface area contributed by atoms with Gasteiger partial charge in [0, 0.05) is 12.3 Å². The molecule has 0 atom stereocenters. The average Bonchev–Trinajstić information content (AvgIpc) is 2.82. The van der Waals surface area contributed by atoms with Gasteiger partial charge < -0.3 is 14.2 Å². The third-order valence-corrected chi connectivity index (χ3v) is 5.72. The number of ether oxygens (including phenoxy) is 3. The topological polar surface area (TPSA) is 103 Å². The number of carbonyl (C=O) groups excluding carboxylic acids is 1. The van der Waals surface area contributed by atoms with E-state index in [0.29, 0.717) is 29.5 Å². The van der Waals surface area contributed by atoms with Crippen molar-refractivity contribution in [2.24, 2.45) is 5.10 Å². The molecule has 0 aliphatic carbocycles. The third kappa shape index (κ3) is 7.08. The van der Waals surface area contributed by atoms with Crippen molar-refractivity contribution in [3.63, 3.8) is 0 Å². The summed E-state index contributed by atoms with van der Waals surface area (Å²) in [5.74, 6) is 0.888. The van der Waals surface area contributed by atoms with E-state index in [1.165, 1.54) is 12.1 Å². The number of hydrazone groups is 1. The van der Waals surface area contributed by atoms with Crippen LogP contribution in [0.25, 0.3) is 0 Å². The van der Waals surface area contributed by atoms with Crippen LogP contribution >= 0.6 is 0 Å². The zero-order valence-electron chi connectivity index (χ0n) is 19.1. The first kappa shape index (κ1) is 24.8. The summed E-state index contributed by atoms with van der Waals surface area (Å²) < 4.78 is 40.1. The summed E-state index contributed by atoms with van der Waals surface area (Å²) >= 11 is 0. The van der Waals surface area contributed by atoms with E-state index in [9.17, 15) is 13.2 Å². The van der Waals surface area contributed by atoms with Gasteiger partial charge in [0.15, 0.2) is 9.84 Å². The number of nitrogens with zero attached hydrogens (tertiary/aromatic N) is 1. The van der Waals surface area contributed by atoms with Crippen LogP contribution in [0.2, 0.25) is 0 Å². The molecule has 0 heterocycles. The van der Waals surface area contributed by atoms with Crippen LogP contribution in [0.1, 0.15) is 19.4 Å². The van der Waals surface area contributed by atoms with Crippen molar-refractivity contribution < 1.29 is 27.4 Å². The molecule has 8 nitrogen and oxygen atoms in total. The molecule has 0 aromatic heterocycles. The Morgan fingerprint density at radius 3 is 2.29 bits per heavy atom. The van der Waals surface area contributed by atoms with Crippen LogP contribution < -0.4 is 14.9 Å². The molecule has 0 amide bonds. The molecule has 0 radical (unpaired) electrons. The molecular formula is C25H26N2O6S. The van der Waals surface area contributed by atoms with Crippen LogP contribution in [0.5, 0.6) is 17.2 Å². The van der Waals surface area contributed by atoms with Gasteiger partial charge in [0.1, 0.15) is 29.6 Å². The maximum Gasteiger partial charge on any atom is 0.354 e. The van der Waals surface area contributed by atoms with Crippen molar-refractivity contribution in [2.45, 2.75) is 25.3 Å². The predicted octanol–water partition coefficient (Wildman–Crippen LogP) is 4.81. The van der Waals surface area contributed by atoms with Crippen LogP contribution in [0.3, 0.4) is 0 Å². The number of benzene rings is 3. The fourth-order valence-corrected chi connectivity index (χ4v) is 3.46. The average molecular weight is 483 g/mol. The smallest absolute Gasteiger partial charge is 0.354 e. The maximum absolute atomic E-state index is 11.8. The first-order valence-electron chi connectivity index (χ1n) is 10.5. The van der Waals surface area contributed by atoms with E-state index in [2.05, 4.69) is 10.5 Å². The second kappa shape index (κ2) is 11.3. The molecule has 178 valence electrons. The molecule has 0 fully saturated rings. The standard InChI is InChI=1S/C25H26N2O6S/c1-4-31-25(28)18(2)26-27-23-15-12-21(16-24(23)32-17-19-8-6-5-7-9-19)33-20-10-13-22(14-11-20)34(3,29)30/h5-16,27H,4,17H2,1-3H3/b26-18-. The summed E-state index contributed by atoms with van der Waals surface area (Å²) in [6, 6.07) is 20.9. The van der Waals surface area contributed by atoms with Crippen LogP contribution in [-0.4, -0.2) is 33.0 Å². The zero-order chi connectivity index (χ0) is 24.6. The summed E-state index contributed by atoms with van der Waals surface area (Å²) in [6.07, 6.45) is 1.15. The van der Waals surface area contributed by atoms with Gasteiger partial charge in [0.05, 0.1) is 17.2 Å². The van der Waals surface area contributed by atoms with E-state index in [1.807, 2.05) is 30.3 Å². The quantitative estimate of drug-likeness (QED) is 0.251. The van der Waals surface area contributed by atoms with Crippen LogP contribution in [0.4, 0.5) is 5.69 Å². The van der Waals surface area contributed by atoms with Crippen molar-refractivity contribution in [3.8, 4) is 17.2 Å². The van der Waals surface area contributed by atoms with Crippen molar-refractivity contribution >= 4 is 27.2 Å². The molecule has 0 saturated heterocycles. The van der Waals surface area contributed by atoms with E-state index in [4.69, 9.17) is 14.2 Å². The third-order valence-electron chi connectivity index (χ3n) is 4.59. The lowest BCUT2D eigenvalue weighted by Gasteiger charge is -2.14. The SMILES string of the molecule is CCOC(=O)/C(C)=N\Nc1ccc(Oc2ccc(S(C)(=O)=O)cc2)cc1OCc1ccccc1. The van der Waals surface area contributed by atoms with E-state index in [0.717, 1.165) is 11.8 Å². The van der Waals surface area contributed by atoms with Gasteiger partial charge in [-0.1, -0.05) is 30.3 Å². The van der Waals surface area contributed by atoms with Gasteiger partial charge in [0.25, 0.3) is 0 Å². The predicted molar refractivity (Wildman–Crippen MR) is 130 cm³/mol. The molecule has 0 bridgehead atoms. The van der Waals surface area contributed by atoms with Crippen molar-refractivity contribution in [1.29, 1.82) is 0 Å². The summed E-state index contributed by atoms with van der Waals surface area (Å²) in [6.45, 7) is 3.84. The second-order valence-corrected chi connectivity index (χ2v) is 9.32. The number of carbonyl (C=O) groups is 1. The summed E-state index contributed by atoms with van der Waals surface area (Å²) in [7, 11) is -3.29. The Balaban J connectivity index is 1.82. The number of hydrogen-bond acceptors (Lipinski definition) is 8. The summed E-state index contributed by atoms with van der Waals surface area (Å²) in [5, 5.41) is 4.09. The van der Waals surface area contributed by atoms with Crippen LogP contribution in [0, 0.1) is 0 Å². The molecule has 0 saturated carbocycles. The number of sulfone groups is 1. The molecule has 3 aromatic carbocycles. The molecular weight excluding hydrogens is 456 g/mol. The van der Waals surface area contributed by atoms with Gasteiger partial charge in [0.2, 0.25) is 0 Å². The lowest BCUT2D eigenvalue weighted by Crippen LogP contribution is -2.15. The highest BCUT2D eigenvalue weighted by Gasteiger charge is 2.11.